The molecule has 1 fully saturated rings. The Labute approximate surface area is 158 Å². The summed E-state index contributed by atoms with van der Waals surface area (Å²) in [4.78, 5) is 33.9. The van der Waals surface area contributed by atoms with Gasteiger partial charge in [0.1, 0.15) is 12.2 Å². The quantitative estimate of drug-likeness (QED) is 0.411. The summed E-state index contributed by atoms with van der Waals surface area (Å²) in [5, 5.41) is 16.2. The molecule has 1 atom stereocenters. The third-order valence-corrected chi connectivity index (χ3v) is 4.32. The van der Waals surface area contributed by atoms with Gasteiger partial charge in [-0.15, -0.1) is 0 Å². The second-order valence-corrected chi connectivity index (χ2v) is 6.46. The minimum atomic E-state index is -4.73. The van der Waals surface area contributed by atoms with Crippen molar-refractivity contribution < 1.29 is 32.4 Å². The summed E-state index contributed by atoms with van der Waals surface area (Å²) < 4.78 is 43.0. The van der Waals surface area contributed by atoms with E-state index in [4.69, 9.17) is 4.74 Å². The lowest BCUT2D eigenvalue weighted by atomic mass is 10.1. The van der Waals surface area contributed by atoms with Crippen LogP contribution in [-0.2, 0) is 20.5 Å². The van der Waals surface area contributed by atoms with E-state index in [0.29, 0.717) is 12.1 Å². The molecule has 1 unspecified atom stereocenters. The Morgan fingerprint density at radius 2 is 1.96 bits per heavy atom. The highest BCUT2D eigenvalue weighted by Crippen LogP contribution is 2.34. The normalized spacial score (nSPS) is 15.7. The summed E-state index contributed by atoms with van der Waals surface area (Å²) in [6.45, 7) is 0.843. The Morgan fingerprint density at radius 1 is 1.32 bits per heavy atom. The van der Waals surface area contributed by atoms with Crippen molar-refractivity contribution in [2.75, 3.05) is 11.9 Å². The Kier molecular flexibility index (Phi) is 6.81. The van der Waals surface area contributed by atoms with Gasteiger partial charge in [-0.3, -0.25) is 19.7 Å². The summed E-state index contributed by atoms with van der Waals surface area (Å²) in [6.07, 6.45) is -2.01. The van der Waals surface area contributed by atoms with Crippen molar-refractivity contribution in [1.29, 1.82) is 0 Å². The zero-order valence-corrected chi connectivity index (χ0v) is 15.0. The first kappa shape index (κ1) is 21.5. The number of hydrogen-bond acceptors (Lipinski definition) is 6. The molecule has 2 rings (SSSR count). The molecule has 0 saturated heterocycles. The second kappa shape index (κ2) is 8.89. The molecule has 28 heavy (non-hydrogen) atoms. The molecule has 1 amide bonds. The van der Waals surface area contributed by atoms with Crippen LogP contribution in [0.5, 0.6) is 0 Å². The average Bonchev–Trinajstić information content (AvgIpc) is 3.11. The van der Waals surface area contributed by atoms with E-state index in [2.05, 4.69) is 10.6 Å². The number of nitro benzene ring substituents is 1. The Morgan fingerprint density at radius 3 is 2.54 bits per heavy atom. The number of rotatable bonds is 7. The SMILES string of the molecule is CC(OC(=O)CNc1ccc(C(F)(F)F)cc1[N+](=O)[O-])C(=O)NC1CCCC1. The third-order valence-electron chi connectivity index (χ3n) is 4.32. The van der Waals surface area contributed by atoms with Gasteiger partial charge in [-0.1, -0.05) is 12.8 Å². The molecule has 0 bridgehead atoms. The van der Waals surface area contributed by atoms with Crippen LogP contribution in [0.4, 0.5) is 24.5 Å². The molecule has 8 nitrogen and oxygen atoms in total. The van der Waals surface area contributed by atoms with Gasteiger partial charge in [0.25, 0.3) is 11.6 Å². The van der Waals surface area contributed by atoms with Crippen molar-refractivity contribution in [3.63, 3.8) is 0 Å². The molecule has 1 aromatic rings. The van der Waals surface area contributed by atoms with E-state index in [9.17, 15) is 32.9 Å². The van der Waals surface area contributed by atoms with Crippen LogP contribution in [0.2, 0.25) is 0 Å². The van der Waals surface area contributed by atoms with Gasteiger partial charge in [-0.05, 0) is 31.9 Å². The van der Waals surface area contributed by atoms with Crippen molar-refractivity contribution in [3.8, 4) is 0 Å². The van der Waals surface area contributed by atoms with Gasteiger partial charge >= 0.3 is 12.1 Å². The first-order valence-corrected chi connectivity index (χ1v) is 8.67. The first-order chi connectivity index (χ1) is 13.1. The standard InChI is InChI=1S/C17H20F3N3O5/c1-10(16(25)22-12-4-2-3-5-12)28-15(24)9-21-13-7-6-11(17(18,19)20)8-14(13)23(26)27/h6-8,10,12,21H,2-5,9H2,1H3,(H,22,25). The third kappa shape index (κ3) is 5.83. The maximum absolute atomic E-state index is 12.7. The zero-order chi connectivity index (χ0) is 20.9. The lowest BCUT2D eigenvalue weighted by molar-refractivity contribution is -0.384. The van der Waals surface area contributed by atoms with Crippen LogP contribution in [0.3, 0.4) is 0 Å². The van der Waals surface area contributed by atoms with E-state index >= 15 is 0 Å². The smallest absolute Gasteiger partial charge is 0.416 e. The van der Waals surface area contributed by atoms with Crippen LogP contribution < -0.4 is 10.6 Å². The Hall–Kier alpha value is -2.85. The summed E-state index contributed by atoms with van der Waals surface area (Å²) in [7, 11) is 0. The Balaban J connectivity index is 1.92. The van der Waals surface area contributed by atoms with E-state index in [1.807, 2.05) is 0 Å². The Bertz CT molecular complexity index is 748. The number of nitrogens with one attached hydrogen (secondary N) is 2. The molecule has 11 heteroatoms. The molecule has 154 valence electrons. The number of amides is 1. The van der Waals surface area contributed by atoms with Crippen LogP contribution in [0.15, 0.2) is 18.2 Å². The summed E-state index contributed by atoms with van der Waals surface area (Å²) in [5.74, 6) is -1.32. The second-order valence-electron chi connectivity index (χ2n) is 6.46. The number of carbonyl (C=O) groups excluding carboxylic acids is 2. The van der Waals surface area contributed by atoms with Crippen LogP contribution >= 0.6 is 0 Å². The van der Waals surface area contributed by atoms with Gasteiger partial charge in [0.2, 0.25) is 0 Å². The van der Waals surface area contributed by atoms with Gasteiger partial charge in [0, 0.05) is 12.1 Å². The number of hydrogen-bond donors (Lipinski definition) is 2. The highest BCUT2D eigenvalue weighted by molar-refractivity contribution is 5.85. The minimum Gasteiger partial charge on any atom is -0.451 e. The van der Waals surface area contributed by atoms with Gasteiger partial charge < -0.3 is 15.4 Å². The zero-order valence-electron chi connectivity index (χ0n) is 15.0. The van der Waals surface area contributed by atoms with Crippen molar-refractivity contribution in [3.05, 3.63) is 33.9 Å². The number of benzene rings is 1. The van der Waals surface area contributed by atoms with Gasteiger partial charge in [0.05, 0.1) is 10.5 Å². The summed E-state index contributed by atoms with van der Waals surface area (Å²) in [5.41, 5.74) is -2.27. The minimum absolute atomic E-state index is 0.0570. The number of nitro groups is 1. The van der Waals surface area contributed by atoms with E-state index < -0.39 is 46.9 Å². The number of esters is 1. The van der Waals surface area contributed by atoms with Crippen LogP contribution in [0.25, 0.3) is 0 Å². The van der Waals surface area contributed by atoms with Crippen molar-refractivity contribution in [1.82, 2.24) is 5.32 Å². The molecule has 0 aliphatic heterocycles. The molecular weight excluding hydrogens is 383 g/mol. The van der Waals surface area contributed by atoms with E-state index in [-0.39, 0.29) is 11.7 Å². The highest BCUT2D eigenvalue weighted by Gasteiger charge is 2.33. The van der Waals surface area contributed by atoms with E-state index in [0.717, 1.165) is 31.7 Å². The van der Waals surface area contributed by atoms with Crippen molar-refractivity contribution in [2.24, 2.45) is 0 Å². The molecule has 0 aromatic heterocycles. The van der Waals surface area contributed by atoms with Gasteiger partial charge in [-0.2, -0.15) is 13.2 Å². The molecule has 2 N–H and O–H groups in total. The fourth-order valence-corrected chi connectivity index (χ4v) is 2.86. The van der Waals surface area contributed by atoms with Crippen molar-refractivity contribution in [2.45, 2.75) is 50.9 Å². The maximum atomic E-state index is 12.7. The fraction of sp³-hybridized carbons (Fsp3) is 0.529. The number of ether oxygens (including phenoxy) is 1. The van der Waals surface area contributed by atoms with Crippen LogP contribution in [0, 0.1) is 10.1 Å². The van der Waals surface area contributed by atoms with Crippen LogP contribution in [0.1, 0.15) is 38.2 Å². The molecule has 1 aliphatic carbocycles. The van der Waals surface area contributed by atoms with E-state index in [1.54, 1.807) is 0 Å². The molecular formula is C17H20F3N3O5. The fourth-order valence-electron chi connectivity index (χ4n) is 2.86. The number of anilines is 1. The lowest BCUT2D eigenvalue weighted by Crippen LogP contribution is -2.41. The number of halogens is 3. The van der Waals surface area contributed by atoms with E-state index in [1.165, 1.54) is 6.92 Å². The average molecular weight is 403 g/mol. The molecule has 0 spiro atoms. The van der Waals surface area contributed by atoms with Crippen molar-refractivity contribution >= 4 is 23.3 Å². The highest BCUT2D eigenvalue weighted by atomic mass is 19.4. The maximum Gasteiger partial charge on any atom is 0.416 e. The number of carbonyl (C=O) groups is 2. The molecule has 0 radical (unpaired) electrons. The number of alkyl halides is 3. The van der Waals surface area contributed by atoms with Gasteiger partial charge in [-0.25, -0.2) is 0 Å². The van der Waals surface area contributed by atoms with Gasteiger partial charge in [0.15, 0.2) is 6.10 Å². The monoisotopic (exact) mass is 403 g/mol. The first-order valence-electron chi connectivity index (χ1n) is 8.67. The summed E-state index contributed by atoms with van der Waals surface area (Å²) >= 11 is 0. The lowest BCUT2D eigenvalue weighted by Gasteiger charge is -2.17. The molecule has 0 heterocycles. The number of nitrogens with zero attached hydrogens (tertiary/aromatic N) is 1. The molecule has 1 aliphatic rings. The topological polar surface area (TPSA) is 111 Å². The predicted molar refractivity (Wildman–Crippen MR) is 92.5 cm³/mol. The summed E-state index contributed by atoms with van der Waals surface area (Å²) in [6, 6.07) is 1.97. The predicted octanol–water partition coefficient (Wildman–Crippen LogP) is 3.02. The molecule has 1 saturated carbocycles. The molecule has 1 aromatic carbocycles. The largest absolute Gasteiger partial charge is 0.451 e. The van der Waals surface area contributed by atoms with Crippen LogP contribution in [-0.4, -0.2) is 35.5 Å².